The molecule has 1 saturated carbocycles. The number of anilines is 1. The third-order valence-corrected chi connectivity index (χ3v) is 3.59. The van der Waals surface area contributed by atoms with Gasteiger partial charge in [-0.1, -0.05) is 25.8 Å². The van der Waals surface area contributed by atoms with E-state index < -0.39 is 0 Å². The molecule has 1 aromatic carbocycles. The van der Waals surface area contributed by atoms with Crippen LogP contribution < -0.4 is 5.32 Å². The Morgan fingerprint density at radius 1 is 1.41 bits per heavy atom. The van der Waals surface area contributed by atoms with Gasteiger partial charge in [-0.3, -0.25) is 10.1 Å². The monoisotopic (exact) mass is 234 g/mol. The van der Waals surface area contributed by atoms with Crippen molar-refractivity contribution in [1.29, 1.82) is 0 Å². The molecule has 0 heterocycles. The summed E-state index contributed by atoms with van der Waals surface area (Å²) < 4.78 is 0. The lowest BCUT2D eigenvalue weighted by Gasteiger charge is -2.24. The molecule has 1 fully saturated rings. The molecule has 1 N–H and O–H groups in total. The lowest BCUT2D eigenvalue weighted by molar-refractivity contribution is -0.384. The Morgan fingerprint density at radius 3 is 2.76 bits per heavy atom. The molecule has 4 heteroatoms. The second kappa shape index (κ2) is 4.73. The Bertz CT molecular complexity index is 412. The molecular formula is C13H18N2O2. The minimum absolute atomic E-state index is 0.145. The predicted octanol–water partition coefficient (Wildman–Crippen LogP) is 3.59. The second-order valence-corrected chi connectivity index (χ2v) is 5.18. The quantitative estimate of drug-likeness (QED) is 0.639. The van der Waals surface area contributed by atoms with Crippen LogP contribution in [0, 0.1) is 15.5 Å². The minimum atomic E-state index is -0.359. The Hall–Kier alpha value is -1.58. The predicted molar refractivity (Wildman–Crippen MR) is 68.2 cm³/mol. The van der Waals surface area contributed by atoms with Crippen LogP contribution in [0.15, 0.2) is 24.3 Å². The average Bonchev–Trinajstić information content (AvgIpc) is 2.75. The van der Waals surface area contributed by atoms with Crippen molar-refractivity contribution < 1.29 is 4.92 Å². The van der Waals surface area contributed by atoms with Gasteiger partial charge in [0.25, 0.3) is 5.69 Å². The highest BCUT2D eigenvalue weighted by molar-refractivity contribution is 5.51. The van der Waals surface area contributed by atoms with Gasteiger partial charge >= 0.3 is 0 Å². The molecule has 0 bridgehead atoms. The highest BCUT2D eigenvalue weighted by atomic mass is 16.6. The van der Waals surface area contributed by atoms with Crippen LogP contribution in [0.25, 0.3) is 0 Å². The third-order valence-electron chi connectivity index (χ3n) is 3.59. The van der Waals surface area contributed by atoms with Crippen LogP contribution in [-0.2, 0) is 0 Å². The molecule has 0 aliphatic heterocycles. The number of nitrogens with zero attached hydrogens (tertiary/aromatic N) is 1. The van der Waals surface area contributed by atoms with Gasteiger partial charge in [0, 0.05) is 24.4 Å². The van der Waals surface area contributed by atoms with Gasteiger partial charge in [0.05, 0.1) is 4.92 Å². The van der Waals surface area contributed by atoms with Crippen LogP contribution in [-0.4, -0.2) is 11.5 Å². The van der Waals surface area contributed by atoms with Gasteiger partial charge in [-0.15, -0.1) is 0 Å². The maximum atomic E-state index is 10.7. The van der Waals surface area contributed by atoms with E-state index in [0.29, 0.717) is 5.41 Å². The Labute approximate surface area is 101 Å². The zero-order chi connectivity index (χ0) is 12.3. The molecule has 1 aliphatic carbocycles. The molecule has 0 aromatic heterocycles. The fourth-order valence-corrected chi connectivity index (χ4v) is 2.45. The summed E-state index contributed by atoms with van der Waals surface area (Å²) >= 11 is 0. The number of rotatable bonds is 4. The standard InChI is InChI=1S/C13H18N2O2/c1-13(7-2-3-8-13)10-14-11-5-4-6-12(9-11)15(16)17/h4-6,9,14H,2-3,7-8,10H2,1H3. The van der Waals surface area contributed by atoms with Gasteiger partial charge in [-0.25, -0.2) is 0 Å². The molecule has 0 radical (unpaired) electrons. The van der Waals surface area contributed by atoms with Crippen LogP contribution in [0.5, 0.6) is 0 Å². The van der Waals surface area contributed by atoms with Crippen molar-refractivity contribution in [3.8, 4) is 0 Å². The van der Waals surface area contributed by atoms with E-state index >= 15 is 0 Å². The number of benzene rings is 1. The normalized spacial score (nSPS) is 17.9. The topological polar surface area (TPSA) is 55.2 Å². The molecule has 17 heavy (non-hydrogen) atoms. The van der Waals surface area contributed by atoms with Crippen LogP contribution in [0.2, 0.25) is 0 Å². The second-order valence-electron chi connectivity index (χ2n) is 5.18. The Morgan fingerprint density at radius 2 is 2.12 bits per heavy atom. The van der Waals surface area contributed by atoms with Gasteiger partial charge in [-0.05, 0) is 24.3 Å². The van der Waals surface area contributed by atoms with E-state index in [-0.39, 0.29) is 10.6 Å². The van der Waals surface area contributed by atoms with Crippen molar-refractivity contribution in [3.63, 3.8) is 0 Å². The summed E-state index contributed by atoms with van der Waals surface area (Å²) in [5.41, 5.74) is 1.34. The average molecular weight is 234 g/mol. The summed E-state index contributed by atoms with van der Waals surface area (Å²) in [6.07, 6.45) is 5.09. The van der Waals surface area contributed by atoms with Crippen LogP contribution in [0.1, 0.15) is 32.6 Å². The smallest absolute Gasteiger partial charge is 0.271 e. The summed E-state index contributed by atoms with van der Waals surface area (Å²) in [5.74, 6) is 0. The largest absolute Gasteiger partial charge is 0.384 e. The molecule has 92 valence electrons. The van der Waals surface area contributed by atoms with E-state index in [1.165, 1.54) is 31.7 Å². The van der Waals surface area contributed by atoms with Gasteiger partial charge in [0.15, 0.2) is 0 Å². The molecule has 0 saturated heterocycles. The van der Waals surface area contributed by atoms with E-state index in [0.717, 1.165) is 12.2 Å². The summed E-state index contributed by atoms with van der Waals surface area (Å²) in [6.45, 7) is 3.18. The van der Waals surface area contributed by atoms with Crippen molar-refractivity contribution in [2.45, 2.75) is 32.6 Å². The van der Waals surface area contributed by atoms with Gasteiger partial charge in [0.1, 0.15) is 0 Å². The van der Waals surface area contributed by atoms with Crippen molar-refractivity contribution in [3.05, 3.63) is 34.4 Å². The number of hydrogen-bond acceptors (Lipinski definition) is 3. The van der Waals surface area contributed by atoms with Crippen molar-refractivity contribution in [2.75, 3.05) is 11.9 Å². The summed E-state index contributed by atoms with van der Waals surface area (Å²) in [7, 11) is 0. The first-order valence-corrected chi connectivity index (χ1v) is 6.07. The minimum Gasteiger partial charge on any atom is -0.384 e. The number of nitro groups is 1. The van der Waals surface area contributed by atoms with E-state index in [1.54, 1.807) is 12.1 Å². The van der Waals surface area contributed by atoms with Crippen molar-refractivity contribution in [2.24, 2.45) is 5.41 Å². The van der Waals surface area contributed by atoms with Gasteiger partial charge in [0.2, 0.25) is 0 Å². The van der Waals surface area contributed by atoms with Crippen LogP contribution in [0.4, 0.5) is 11.4 Å². The SMILES string of the molecule is CC1(CNc2cccc([N+](=O)[O-])c2)CCCC1. The molecule has 0 atom stereocenters. The maximum Gasteiger partial charge on any atom is 0.271 e. The lowest BCUT2D eigenvalue weighted by Crippen LogP contribution is -2.22. The number of nitro benzene ring substituents is 1. The summed E-state index contributed by atoms with van der Waals surface area (Å²) in [4.78, 5) is 10.3. The van der Waals surface area contributed by atoms with E-state index in [9.17, 15) is 10.1 Å². The zero-order valence-electron chi connectivity index (χ0n) is 10.1. The first kappa shape index (κ1) is 11.9. The van der Waals surface area contributed by atoms with Crippen molar-refractivity contribution in [1.82, 2.24) is 0 Å². The number of hydrogen-bond donors (Lipinski definition) is 1. The van der Waals surface area contributed by atoms with E-state index in [1.807, 2.05) is 6.07 Å². The molecule has 0 amide bonds. The number of non-ortho nitro benzene ring substituents is 1. The highest BCUT2D eigenvalue weighted by Gasteiger charge is 2.28. The molecule has 0 unspecified atom stereocenters. The summed E-state index contributed by atoms with van der Waals surface area (Å²) in [6, 6.07) is 6.71. The molecule has 1 aromatic rings. The van der Waals surface area contributed by atoms with Gasteiger partial charge in [-0.2, -0.15) is 0 Å². The van der Waals surface area contributed by atoms with Crippen LogP contribution in [0.3, 0.4) is 0 Å². The van der Waals surface area contributed by atoms with Crippen LogP contribution >= 0.6 is 0 Å². The first-order chi connectivity index (χ1) is 8.09. The van der Waals surface area contributed by atoms with E-state index in [4.69, 9.17) is 0 Å². The van der Waals surface area contributed by atoms with E-state index in [2.05, 4.69) is 12.2 Å². The molecule has 2 rings (SSSR count). The number of nitrogens with one attached hydrogen (secondary N) is 1. The molecule has 0 spiro atoms. The van der Waals surface area contributed by atoms with Crippen molar-refractivity contribution >= 4 is 11.4 Å². The maximum absolute atomic E-state index is 10.7. The molecular weight excluding hydrogens is 216 g/mol. The Kier molecular flexibility index (Phi) is 3.31. The Balaban J connectivity index is 1.99. The fraction of sp³-hybridized carbons (Fsp3) is 0.538. The highest BCUT2D eigenvalue weighted by Crippen LogP contribution is 2.37. The third kappa shape index (κ3) is 2.96. The lowest BCUT2D eigenvalue weighted by atomic mass is 9.89. The summed E-state index contributed by atoms with van der Waals surface area (Å²) in [5, 5.41) is 14.0. The first-order valence-electron chi connectivity index (χ1n) is 6.07. The van der Waals surface area contributed by atoms with Gasteiger partial charge < -0.3 is 5.32 Å². The fourth-order valence-electron chi connectivity index (χ4n) is 2.45. The molecule has 4 nitrogen and oxygen atoms in total. The molecule has 1 aliphatic rings. The zero-order valence-corrected chi connectivity index (χ0v) is 10.1.